The first kappa shape index (κ1) is 14.2. The Labute approximate surface area is 110 Å². The number of carboxylic acids is 1. The first-order valence-corrected chi connectivity index (χ1v) is 6.48. The molecular weight excluding hydrogens is 284 g/mol. The quantitative estimate of drug-likeness (QED) is 0.849. The molecule has 0 aliphatic carbocycles. The number of aliphatic carboxylic acids is 1. The fourth-order valence-electron chi connectivity index (χ4n) is 1.70. The van der Waals surface area contributed by atoms with Gasteiger partial charge in [0, 0.05) is 4.47 Å². The third-order valence-electron chi connectivity index (χ3n) is 2.80. The van der Waals surface area contributed by atoms with E-state index in [2.05, 4.69) is 15.9 Å². The van der Waals surface area contributed by atoms with Crippen LogP contribution in [0.3, 0.4) is 0 Å². The second-order valence-corrected chi connectivity index (χ2v) is 4.98. The van der Waals surface area contributed by atoms with Gasteiger partial charge >= 0.3 is 5.97 Å². The van der Waals surface area contributed by atoms with Gasteiger partial charge in [-0.15, -0.1) is 0 Å². The van der Waals surface area contributed by atoms with Crippen LogP contribution in [0, 0.1) is 5.92 Å². The molecule has 0 bridgehead atoms. The molecule has 0 saturated carbocycles. The van der Waals surface area contributed by atoms with E-state index in [-0.39, 0.29) is 0 Å². The molecule has 0 saturated heterocycles. The van der Waals surface area contributed by atoms with Crippen LogP contribution in [-0.2, 0) is 11.2 Å². The molecule has 4 heteroatoms. The Morgan fingerprint density at radius 1 is 1.41 bits per heavy atom. The zero-order valence-electron chi connectivity index (χ0n) is 9.77. The largest absolute Gasteiger partial charge is 0.481 e. The summed E-state index contributed by atoms with van der Waals surface area (Å²) in [7, 11) is 0. The molecule has 1 rings (SSSR count). The highest BCUT2D eigenvalue weighted by Crippen LogP contribution is 2.22. The molecule has 2 N–H and O–H groups in total. The Hall–Kier alpha value is -0.870. The van der Waals surface area contributed by atoms with Crippen molar-refractivity contribution in [2.24, 2.45) is 5.92 Å². The van der Waals surface area contributed by atoms with Crippen LogP contribution in [0.15, 0.2) is 28.7 Å². The lowest BCUT2D eigenvalue weighted by molar-refractivity contribution is -0.142. The van der Waals surface area contributed by atoms with Crippen molar-refractivity contribution in [3.05, 3.63) is 34.3 Å². The predicted molar refractivity (Wildman–Crippen MR) is 69.9 cm³/mol. The van der Waals surface area contributed by atoms with Crippen molar-refractivity contribution in [1.29, 1.82) is 0 Å². The normalized spacial score (nSPS) is 14.3. The summed E-state index contributed by atoms with van der Waals surface area (Å²) in [5.74, 6) is -1.39. The van der Waals surface area contributed by atoms with Crippen LogP contribution in [0.4, 0.5) is 0 Å². The number of carboxylic acid groups (broad SMARTS) is 1. The van der Waals surface area contributed by atoms with Gasteiger partial charge in [0.1, 0.15) is 0 Å². The van der Waals surface area contributed by atoms with E-state index in [4.69, 9.17) is 5.11 Å². The maximum absolute atomic E-state index is 11.1. The Balaban J connectivity index is 2.74. The van der Waals surface area contributed by atoms with Gasteiger partial charge in [-0.25, -0.2) is 0 Å². The van der Waals surface area contributed by atoms with Crippen LogP contribution < -0.4 is 0 Å². The van der Waals surface area contributed by atoms with Crippen LogP contribution >= 0.6 is 15.9 Å². The minimum absolute atomic E-state index is 0.299. The molecular formula is C13H17BrO3. The second kappa shape index (κ2) is 6.77. The first-order valence-electron chi connectivity index (χ1n) is 5.68. The summed E-state index contributed by atoms with van der Waals surface area (Å²) in [5.41, 5.74) is 0.961. The number of benzene rings is 1. The predicted octanol–water partition coefficient (Wildman–Crippen LogP) is 2.85. The summed E-state index contributed by atoms with van der Waals surface area (Å²) in [6, 6.07) is 7.57. The minimum Gasteiger partial charge on any atom is -0.481 e. The van der Waals surface area contributed by atoms with Gasteiger partial charge in [-0.05, 0) is 30.9 Å². The lowest BCUT2D eigenvalue weighted by Crippen LogP contribution is -2.22. The molecule has 2 unspecified atom stereocenters. The molecule has 0 spiro atoms. The number of carbonyl (C=O) groups is 1. The summed E-state index contributed by atoms with van der Waals surface area (Å²) < 4.78 is 0.914. The van der Waals surface area contributed by atoms with E-state index in [9.17, 15) is 9.90 Å². The van der Waals surface area contributed by atoms with Gasteiger partial charge in [0.2, 0.25) is 0 Å². The summed E-state index contributed by atoms with van der Waals surface area (Å²) in [6.45, 7) is 1.85. The molecule has 1 aromatic rings. The smallest absolute Gasteiger partial charge is 0.306 e. The molecule has 0 heterocycles. The van der Waals surface area contributed by atoms with Crippen molar-refractivity contribution < 1.29 is 15.0 Å². The summed E-state index contributed by atoms with van der Waals surface area (Å²) in [4.78, 5) is 11.1. The maximum Gasteiger partial charge on any atom is 0.306 e. The van der Waals surface area contributed by atoms with Crippen molar-refractivity contribution in [3.8, 4) is 0 Å². The number of rotatable bonds is 6. The van der Waals surface area contributed by atoms with E-state index in [1.54, 1.807) is 0 Å². The topological polar surface area (TPSA) is 57.5 Å². The second-order valence-electron chi connectivity index (χ2n) is 4.13. The molecule has 0 aliphatic rings. The van der Waals surface area contributed by atoms with Gasteiger partial charge in [0.25, 0.3) is 0 Å². The Morgan fingerprint density at radius 3 is 2.59 bits per heavy atom. The highest BCUT2D eigenvalue weighted by Gasteiger charge is 2.21. The van der Waals surface area contributed by atoms with Crippen LogP contribution in [0.1, 0.15) is 25.3 Å². The molecule has 0 radical (unpaired) electrons. The fraction of sp³-hybridized carbons (Fsp3) is 0.462. The molecule has 1 aromatic carbocycles. The van der Waals surface area contributed by atoms with Crippen molar-refractivity contribution in [1.82, 2.24) is 0 Å². The lowest BCUT2D eigenvalue weighted by atomic mass is 9.93. The zero-order valence-corrected chi connectivity index (χ0v) is 11.4. The molecule has 2 atom stereocenters. The molecule has 17 heavy (non-hydrogen) atoms. The molecule has 0 amide bonds. The molecule has 0 aliphatic heterocycles. The Morgan fingerprint density at radius 2 is 2.06 bits per heavy atom. The van der Waals surface area contributed by atoms with Crippen LogP contribution in [0.5, 0.6) is 0 Å². The summed E-state index contributed by atoms with van der Waals surface area (Å²) in [5, 5.41) is 18.7. The van der Waals surface area contributed by atoms with Crippen molar-refractivity contribution in [2.75, 3.05) is 0 Å². The third kappa shape index (κ3) is 4.48. The van der Waals surface area contributed by atoms with Crippen molar-refractivity contribution in [2.45, 2.75) is 32.3 Å². The van der Waals surface area contributed by atoms with E-state index >= 15 is 0 Å². The summed E-state index contributed by atoms with van der Waals surface area (Å²) >= 11 is 3.40. The average Bonchev–Trinajstić information content (AvgIpc) is 2.30. The Bertz CT molecular complexity index is 379. The Kier molecular flexibility index (Phi) is 5.65. The minimum atomic E-state index is -0.853. The van der Waals surface area contributed by atoms with Crippen LogP contribution in [-0.4, -0.2) is 22.3 Å². The summed E-state index contributed by atoms with van der Waals surface area (Å²) in [6.07, 6.45) is 0.777. The van der Waals surface area contributed by atoms with Gasteiger partial charge in [-0.2, -0.15) is 0 Å². The van der Waals surface area contributed by atoms with E-state index in [1.807, 2.05) is 31.2 Å². The SMILES string of the molecule is CCC(O)CC(Cc1ccccc1Br)C(=O)O. The van der Waals surface area contributed by atoms with Crippen LogP contribution in [0.2, 0.25) is 0 Å². The standard InChI is InChI=1S/C13H17BrO3/c1-2-11(15)8-10(13(16)17)7-9-5-3-4-6-12(9)14/h3-6,10-11,15H,2,7-8H2,1H3,(H,16,17). The number of aliphatic hydroxyl groups is 1. The maximum atomic E-state index is 11.1. The first-order chi connectivity index (χ1) is 8.04. The number of aliphatic hydroxyl groups excluding tert-OH is 1. The van der Waals surface area contributed by atoms with E-state index in [0.717, 1.165) is 10.0 Å². The number of hydrogen-bond acceptors (Lipinski definition) is 2. The van der Waals surface area contributed by atoms with E-state index in [0.29, 0.717) is 19.3 Å². The average molecular weight is 301 g/mol. The van der Waals surface area contributed by atoms with Gasteiger partial charge in [-0.3, -0.25) is 4.79 Å². The highest BCUT2D eigenvalue weighted by molar-refractivity contribution is 9.10. The van der Waals surface area contributed by atoms with Gasteiger partial charge in [0.05, 0.1) is 12.0 Å². The third-order valence-corrected chi connectivity index (χ3v) is 3.57. The van der Waals surface area contributed by atoms with Gasteiger partial charge in [-0.1, -0.05) is 41.1 Å². The van der Waals surface area contributed by atoms with Crippen molar-refractivity contribution >= 4 is 21.9 Å². The lowest BCUT2D eigenvalue weighted by Gasteiger charge is -2.16. The monoisotopic (exact) mass is 300 g/mol. The number of hydrogen-bond donors (Lipinski definition) is 2. The van der Waals surface area contributed by atoms with E-state index in [1.165, 1.54) is 0 Å². The molecule has 0 fully saturated rings. The zero-order chi connectivity index (χ0) is 12.8. The van der Waals surface area contributed by atoms with Gasteiger partial charge < -0.3 is 10.2 Å². The number of halogens is 1. The fourth-order valence-corrected chi connectivity index (χ4v) is 2.14. The van der Waals surface area contributed by atoms with Crippen LogP contribution in [0.25, 0.3) is 0 Å². The van der Waals surface area contributed by atoms with E-state index < -0.39 is 18.0 Å². The van der Waals surface area contributed by atoms with Crippen molar-refractivity contribution in [3.63, 3.8) is 0 Å². The molecule has 94 valence electrons. The highest BCUT2D eigenvalue weighted by atomic mass is 79.9. The molecule has 3 nitrogen and oxygen atoms in total. The van der Waals surface area contributed by atoms with Gasteiger partial charge in [0.15, 0.2) is 0 Å². The molecule has 0 aromatic heterocycles.